The van der Waals surface area contributed by atoms with E-state index in [2.05, 4.69) is 54.7 Å². The minimum Gasteiger partial charge on any atom is -0.308 e. The van der Waals surface area contributed by atoms with Gasteiger partial charge >= 0.3 is 6.03 Å². The number of nitrogens with one attached hydrogen (secondary N) is 1. The summed E-state index contributed by atoms with van der Waals surface area (Å²) in [7, 11) is 0. The van der Waals surface area contributed by atoms with Crippen molar-refractivity contribution in [1.29, 1.82) is 0 Å². The number of fused-ring (bicyclic) bond motifs is 1. The van der Waals surface area contributed by atoms with Gasteiger partial charge in [0, 0.05) is 17.9 Å². The van der Waals surface area contributed by atoms with Crippen LogP contribution in [0.25, 0.3) is 11.1 Å². The Bertz CT molecular complexity index is 1110. The highest BCUT2D eigenvalue weighted by Gasteiger charge is 2.25. The monoisotopic (exact) mass is 438 g/mol. The van der Waals surface area contributed by atoms with E-state index < -0.39 is 0 Å². The molecule has 3 nitrogen and oxygen atoms in total. The smallest absolute Gasteiger partial charge is 0.308 e. The predicted molar refractivity (Wildman–Crippen MR) is 138 cm³/mol. The Hall–Kier alpha value is -3.07. The number of benzene rings is 3. The van der Waals surface area contributed by atoms with Gasteiger partial charge in [-0.15, -0.1) is 0 Å². The molecular formula is C30H34N2O. The van der Waals surface area contributed by atoms with Crippen molar-refractivity contribution in [2.24, 2.45) is 5.92 Å². The van der Waals surface area contributed by atoms with Crippen molar-refractivity contribution in [2.75, 3.05) is 16.8 Å². The number of carbonyl (C=O) groups excluding carboxylic acids is 1. The molecule has 0 aromatic heterocycles. The quantitative estimate of drug-likeness (QED) is 0.440. The van der Waals surface area contributed by atoms with Gasteiger partial charge in [-0.25, -0.2) is 4.79 Å². The third kappa shape index (κ3) is 4.68. The van der Waals surface area contributed by atoms with Crippen LogP contribution in [0, 0.1) is 12.8 Å². The number of urea groups is 1. The van der Waals surface area contributed by atoms with Gasteiger partial charge in [-0.3, -0.25) is 4.90 Å². The van der Waals surface area contributed by atoms with E-state index in [1.165, 1.54) is 59.9 Å². The van der Waals surface area contributed by atoms with E-state index in [4.69, 9.17) is 0 Å². The molecule has 1 aliphatic carbocycles. The SMILES string of the molecule is CCC1CCC(c2ccc(-c3ccc4c(c3)CCN4C(=O)Nc3ccc(C)cc3)cc2)CC1. The summed E-state index contributed by atoms with van der Waals surface area (Å²) in [5, 5.41) is 3.03. The molecule has 2 aliphatic rings. The second kappa shape index (κ2) is 9.43. The van der Waals surface area contributed by atoms with Gasteiger partial charge in [0.2, 0.25) is 0 Å². The maximum absolute atomic E-state index is 12.9. The molecule has 1 saturated carbocycles. The summed E-state index contributed by atoms with van der Waals surface area (Å²) in [5.74, 6) is 1.66. The number of anilines is 2. The molecular weight excluding hydrogens is 404 g/mol. The second-order valence-electron chi connectivity index (χ2n) is 9.79. The van der Waals surface area contributed by atoms with Crippen molar-refractivity contribution in [3.8, 4) is 11.1 Å². The predicted octanol–water partition coefficient (Wildman–Crippen LogP) is 7.94. The molecule has 33 heavy (non-hydrogen) atoms. The van der Waals surface area contributed by atoms with Crippen LogP contribution in [0.15, 0.2) is 66.7 Å². The number of hydrogen-bond acceptors (Lipinski definition) is 1. The number of carbonyl (C=O) groups is 1. The van der Waals surface area contributed by atoms with Crippen LogP contribution in [0.2, 0.25) is 0 Å². The van der Waals surface area contributed by atoms with Crippen LogP contribution in [0.4, 0.5) is 16.2 Å². The zero-order chi connectivity index (χ0) is 22.8. The molecule has 170 valence electrons. The Morgan fingerprint density at radius 1 is 0.909 bits per heavy atom. The van der Waals surface area contributed by atoms with Crippen LogP contribution >= 0.6 is 0 Å². The van der Waals surface area contributed by atoms with E-state index in [9.17, 15) is 4.79 Å². The summed E-state index contributed by atoms with van der Waals surface area (Å²) < 4.78 is 0. The van der Waals surface area contributed by atoms with Crippen molar-refractivity contribution >= 4 is 17.4 Å². The molecule has 0 bridgehead atoms. The zero-order valence-electron chi connectivity index (χ0n) is 19.8. The number of hydrogen-bond donors (Lipinski definition) is 1. The molecule has 1 heterocycles. The van der Waals surface area contributed by atoms with E-state index in [0.717, 1.165) is 36.2 Å². The summed E-state index contributed by atoms with van der Waals surface area (Å²) >= 11 is 0. The lowest BCUT2D eigenvalue weighted by molar-refractivity contribution is 0.257. The lowest BCUT2D eigenvalue weighted by Crippen LogP contribution is -2.33. The highest BCUT2D eigenvalue weighted by molar-refractivity contribution is 6.03. The molecule has 0 atom stereocenters. The van der Waals surface area contributed by atoms with Crippen LogP contribution < -0.4 is 10.2 Å². The minimum absolute atomic E-state index is 0.0625. The van der Waals surface area contributed by atoms with Crippen molar-refractivity contribution in [3.05, 3.63) is 83.4 Å². The topological polar surface area (TPSA) is 32.3 Å². The van der Waals surface area contributed by atoms with Crippen LogP contribution in [-0.4, -0.2) is 12.6 Å². The average Bonchev–Trinajstić information content (AvgIpc) is 3.29. The molecule has 1 aliphatic heterocycles. The van der Waals surface area contributed by atoms with Gasteiger partial charge in [0.25, 0.3) is 0 Å². The molecule has 5 rings (SSSR count). The van der Waals surface area contributed by atoms with Crippen LogP contribution in [0.1, 0.15) is 61.6 Å². The third-order valence-electron chi connectivity index (χ3n) is 7.66. The second-order valence-corrected chi connectivity index (χ2v) is 9.79. The van der Waals surface area contributed by atoms with Gasteiger partial charge in [-0.2, -0.15) is 0 Å². The average molecular weight is 439 g/mol. The molecule has 0 spiro atoms. The largest absolute Gasteiger partial charge is 0.326 e. The normalized spacial score (nSPS) is 19.9. The van der Waals surface area contributed by atoms with Gasteiger partial charge in [-0.1, -0.05) is 61.4 Å². The van der Waals surface area contributed by atoms with Crippen molar-refractivity contribution in [3.63, 3.8) is 0 Å². The third-order valence-corrected chi connectivity index (χ3v) is 7.66. The van der Waals surface area contributed by atoms with Crippen LogP contribution in [-0.2, 0) is 6.42 Å². The highest BCUT2D eigenvalue weighted by atomic mass is 16.2. The number of rotatable bonds is 4. The first-order valence-corrected chi connectivity index (χ1v) is 12.5. The van der Waals surface area contributed by atoms with E-state index in [-0.39, 0.29) is 6.03 Å². The lowest BCUT2D eigenvalue weighted by atomic mass is 9.77. The number of nitrogens with zero attached hydrogens (tertiary/aromatic N) is 1. The van der Waals surface area contributed by atoms with Gasteiger partial charge in [0.15, 0.2) is 0 Å². The van der Waals surface area contributed by atoms with Crippen molar-refractivity contribution in [1.82, 2.24) is 0 Å². The van der Waals surface area contributed by atoms with Crippen LogP contribution in [0.3, 0.4) is 0 Å². The summed E-state index contributed by atoms with van der Waals surface area (Å²) in [4.78, 5) is 14.7. The van der Waals surface area contributed by atoms with Gasteiger partial charge in [0.05, 0.1) is 0 Å². The first kappa shape index (κ1) is 21.8. The Morgan fingerprint density at radius 2 is 1.61 bits per heavy atom. The summed E-state index contributed by atoms with van der Waals surface area (Å²) in [6.45, 7) is 5.09. The standard InChI is InChI=1S/C30H34N2O/c1-3-22-6-8-23(9-7-22)24-10-12-25(13-11-24)26-14-17-29-27(20-26)18-19-32(29)30(33)31-28-15-4-21(2)5-16-28/h4-5,10-17,20,22-23H,3,6-9,18-19H2,1-2H3,(H,31,33). The van der Waals surface area contributed by atoms with E-state index >= 15 is 0 Å². The van der Waals surface area contributed by atoms with Gasteiger partial charge in [-0.05, 0) is 97.4 Å². The molecule has 3 aromatic rings. The highest BCUT2D eigenvalue weighted by Crippen LogP contribution is 2.38. The summed E-state index contributed by atoms with van der Waals surface area (Å²) in [6.07, 6.45) is 7.64. The molecule has 3 aromatic carbocycles. The molecule has 0 radical (unpaired) electrons. The van der Waals surface area contributed by atoms with E-state index in [0.29, 0.717) is 0 Å². The molecule has 1 N–H and O–H groups in total. The van der Waals surface area contributed by atoms with Crippen molar-refractivity contribution in [2.45, 2.75) is 58.3 Å². The Balaban J connectivity index is 1.27. The zero-order valence-corrected chi connectivity index (χ0v) is 19.8. The first-order valence-electron chi connectivity index (χ1n) is 12.5. The number of amides is 2. The Kier molecular flexibility index (Phi) is 6.22. The van der Waals surface area contributed by atoms with Gasteiger partial charge < -0.3 is 5.32 Å². The molecule has 0 unspecified atom stereocenters. The molecule has 2 amide bonds. The fourth-order valence-electron chi connectivity index (χ4n) is 5.47. The van der Waals surface area contributed by atoms with E-state index in [1.807, 2.05) is 36.1 Å². The fraction of sp³-hybridized carbons (Fsp3) is 0.367. The maximum atomic E-state index is 12.9. The summed E-state index contributed by atoms with van der Waals surface area (Å²) in [5.41, 5.74) is 8.26. The molecule has 1 fully saturated rings. The maximum Gasteiger partial charge on any atom is 0.326 e. The Labute approximate surface area is 197 Å². The first-order chi connectivity index (χ1) is 16.1. The van der Waals surface area contributed by atoms with Crippen molar-refractivity contribution < 1.29 is 4.79 Å². The molecule has 3 heteroatoms. The summed E-state index contributed by atoms with van der Waals surface area (Å²) in [6, 6.07) is 23.6. The number of aryl methyl sites for hydroxylation is 1. The molecule has 0 saturated heterocycles. The van der Waals surface area contributed by atoms with E-state index in [1.54, 1.807) is 0 Å². The van der Waals surface area contributed by atoms with Crippen LogP contribution in [0.5, 0.6) is 0 Å². The van der Waals surface area contributed by atoms with Gasteiger partial charge in [0.1, 0.15) is 0 Å². The minimum atomic E-state index is -0.0625. The lowest BCUT2D eigenvalue weighted by Gasteiger charge is -2.28. The Morgan fingerprint density at radius 3 is 2.30 bits per heavy atom. The fourth-order valence-corrected chi connectivity index (χ4v) is 5.47.